The van der Waals surface area contributed by atoms with Crippen molar-refractivity contribution in [2.75, 3.05) is 5.32 Å². The van der Waals surface area contributed by atoms with Crippen molar-refractivity contribution >= 4 is 39.1 Å². The third kappa shape index (κ3) is 4.27. The molecule has 2 nitrogen and oxygen atoms in total. The van der Waals surface area contributed by atoms with Gasteiger partial charge in [0.25, 0.3) is 0 Å². The molecule has 1 aromatic rings. The number of amides is 1. The number of hydrogen-bond donors (Lipinski definition) is 1. The minimum absolute atomic E-state index is 0.0569. The van der Waals surface area contributed by atoms with Gasteiger partial charge < -0.3 is 5.32 Å². The van der Waals surface area contributed by atoms with Crippen molar-refractivity contribution < 1.29 is 31.1 Å². The highest BCUT2D eigenvalue weighted by Crippen LogP contribution is 2.40. The molecule has 0 heterocycles. The Morgan fingerprint density at radius 1 is 1.15 bits per heavy atom. The van der Waals surface area contributed by atoms with Gasteiger partial charge in [-0.3, -0.25) is 4.79 Å². The highest BCUT2D eigenvalue weighted by atomic mass is 79.9. The quantitative estimate of drug-likeness (QED) is 0.731. The lowest BCUT2D eigenvalue weighted by molar-refractivity contribution is -0.272. The van der Waals surface area contributed by atoms with Crippen LogP contribution in [0, 0.1) is 5.92 Å². The number of anilines is 1. The maximum atomic E-state index is 12.3. The van der Waals surface area contributed by atoms with Crippen molar-refractivity contribution in [1.29, 1.82) is 0 Å². The molecule has 0 saturated carbocycles. The summed E-state index contributed by atoms with van der Waals surface area (Å²) in [4.78, 5) is 11.2. The van der Waals surface area contributed by atoms with Crippen molar-refractivity contribution in [2.24, 2.45) is 5.92 Å². The standard InChI is InChI=1S/C10H5BrClF6NO/c11-5-3-4(12)1-2-6(5)19-8(20)7(9(13,14)15)10(16,17)18/h1-3,7H,(H,19,20). The summed E-state index contributed by atoms with van der Waals surface area (Å²) < 4.78 is 74.0. The van der Waals surface area contributed by atoms with Gasteiger partial charge in [-0.2, -0.15) is 26.3 Å². The molecule has 0 spiro atoms. The number of rotatable bonds is 2. The van der Waals surface area contributed by atoms with Gasteiger partial charge in [0, 0.05) is 9.50 Å². The summed E-state index contributed by atoms with van der Waals surface area (Å²) in [5, 5.41) is 1.76. The third-order valence-corrected chi connectivity index (χ3v) is 3.00. The van der Waals surface area contributed by atoms with Crippen molar-refractivity contribution in [1.82, 2.24) is 0 Å². The van der Waals surface area contributed by atoms with E-state index in [9.17, 15) is 31.1 Å². The third-order valence-electron chi connectivity index (χ3n) is 2.11. The highest BCUT2D eigenvalue weighted by molar-refractivity contribution is 9.10. The van der Waals surface area contributed by atoms with Gasteiger partial charge in [-0.1, -0.05) is 11.6 Å². The summed E-state index contributed by atoms with van der Waals surface area (Å²) in [5.74, 6) is -6.31. The van der Waals surface area contributed by atoms with Crippen LogP contribution in [-0.2, 0) is 4.79 Å². The smallest absolute Gasteiger partial charge is 0.324 e. The van der Waals surface area contributed by atoms with Crippen LogP contribution in [0.4, 0.5) is 32.0 Å². The monoisotopic (exact) mass is 383 g/mol. The molecule has 0 radical (unpaired) electrons. The Morgan fingerprint density at radius 2 is 1.65 bits per heavy atom. The van der Waals surface area contributed by atoms with E-state index in [0.29, 0.717) is 0 Å². The van der Waals surface area contributed by atoms with E-state index < -0.39 is 24.2 Å². The van der Waals surface area contributed by atoms with Gasteiger partial charge in [-0.15, -0.1) is 0 Å². The van der Waals surface area contributed by atoms with Crippen LogP contribution in [0.15, 0.2) is 22.7 Å². The van der Waals surface area contributed by atoms with E-state index in [1.165, 1.54) is 12.1 Å². The molecule has 0 aliphatic heterocycles. The molecule has 1 aromatic carbocycles. The Balaban J connectivity index is 3.04. The number of hydrogen-bond acceptors (Lipinski definition) is 1. The van der Waals surface area contributed by atoms with E-state index in [0.717, 1.165) is 6.07 Å². The molecule has 20 heavy (non-hydrogen) atoms. The Morgan fingerprint density at radius 3 is 2.05 bits per heavy atom. The SMILES string of the molecule is O=C(Nc1ccc(Cl)cc1Br)C(C(F)(F)F)C(F)(F)F. The molecule has 10 heteroatoms. The summed E-state index contributed by atoms with van der Waals surface area (Å²) >= 11 is 8.42. The second kappa shape index (κ2) is 5.80. The first kappa shape index (κ1) is 17.1. The van der Waals surface area contributed by atoms with E-state index in [2.05, 4.69) is 15.9 Å². The fraction of sp³-hybridized carbons (Fsp3) is 0.300. The minimum atomic E-state index is -5.73. The number of nitrogens with one attached hydrogen (secondary N) is 1. The summed E-state index contributed by atoms with van der Waals surface area (Å²) in [7, 11) is 0. The molecular formula is C10H5BrClF6NO. The van der Waals surface area contributed by atoms with Crippen LogP contribution in [0.25, 0.3) is 0 Å². The zero-order valence-electron chi connectivity index (χ0n) is 9.24. The number of benzene rings is 1. The number of carbonyl (C=O) groups is 1. The fourth-order valence-corrected chi connectivity index (χ4v) is 2.06. The Labute approximate surface area is 122 Å². The Kier molecular flexibility index (Phi) is 4.96. The molecule has 1 N–H and O–H groups in total. The van der Waals surface area contributed by atoms with Gasteiger partial charge in [-0.05, 0) is 34.1 Å². The first-order valence-corrected chi connectivity index (χ1v) is 5.99. The van der Waals surface area contributed by atoms with Gasteiger partial charge in [0.15, 0.2) is 0 Å². The van der Waals surface area contributed by atoms with E-state index in [1.54, 1.807) is 5.32 Å². The lowest BCUT2D eigenvalue weighted by Gasteiger charge is -2.22. The molecule has 0 unspecified atom stereocenters. The molecule has 0 saturated heterocycles. The second-order valence-corrected chi connectivity index (χ2v) is 4.92. The van der Waals surface area contributed by atoms with Crippen LogP contribution in [0.2, 0.25) is 5.02 Å². The summed E-state index contributed by atoms with van der Waals surface area (Å²) in [6.45, 7) is 0. The zero-order chi connectivity index (χ0) is 15.7. The van der Waals surface area contributed by atoms with Crippen molar-refractivity contribution in [2.45, 2.75) is 12.4 Å². The van der Waals surface area contributed by atoms with Crippen LogP contribution in [-0.4, -0.2) is 18.3 Å². The van der Waals surface area contributed by atoms with Gasteiger partial charge in [0.1, 0.15) is 0 Å². The van der Waals surface area contributed by atoms with Gasteiger partial charge in [0.2, 0.25) is 11.8 Å². The van der Waals surface area contributed by atoms with Crippen molar-refractivity contribution in [3.8, 4) is 0 Å². The molecule has 0 aliphatic carbocycles. The predicted molar refractivity (Wildman–Crippen MR) is 63.4 cm³/mol. The molecule has 1 amide bonds. The molecule has 0 fully saturated rings. The van der Waals surface area contributed by atoms with Gasteiger partial charge in [-0.25, -0.2) is 0 Å². The zero-order valence-corrected chi connectivity index (χ0v) is 11.6. The highest BCUT2D eigenvalue weighted by Gasteiger charge is 2.61. The fourth-order valence-electron chi connectivity index (χ4n) is 1.28. The molecule has 0 aromatic heterocycles. The van der Waals surface area contributed by atoms with Gasteiger partial charge in [0.05, 0.1) is 5.69 Å². The summed E-state index contributed by atoms with van der Waals surface area (Å²) in [6, 6.07) is 3.50. The lowest BCUT2D eigenvalue weighted by atomic mass is 10.1. The first-order chi connectivity index (χ1) is 8.93. The van der Waals surface area contributed by atoms with E-state index >= 15 is 0 Å². The van der Waals surface area contributed by atoms with Crippen LogP contribution in [0.5, 0.6) is 0 Å². The maximum Gasteiger partial charge on any atom is 0.409 e. The Bertz CT molecular complexity index is 501. The number of carbonyl (C=O) groups excluding carboxylic acids is 1. The van der Waals surface area contributed by atoms with Crippen molar-refractivity contribution in [3.63, 3.8) is 0 Å². The average Bonchev–Trinajstić information content (AvgIpc) is 2.17. The Hall–Kier alpha value is -0.960. The molecule has 0 aliphatic rings. The molecule has 0 bridgehead atoms. The van der Waals surface area contributed by atoms with Crippen LogP contribution in [0.1, 0.15) is 0 Å². The number of halogens is 8. The summed E-state index contributed by atoms with van der Waals surface area (Å²) in [5.41, 5.74) is -0.252. The second-order valence-electron chi connectivity index (χ2n) is 3.63. The maximum absolute atomic E-state index is 12.3. The van der Waals surface area contributed by atoms with E-state index in [-0.39, 0.29) is 15.2 Å². The molecular weight excluding hydrogens is 379 g/mol. The van der Waals surface area contributed by atoms with Crippen LogP contribution in [0.3, 0.4) is 0 Å². The van der Waals surface area contributed by atoms with E-state index in [4.69, 9.17) is 11.6 Å². The first-order valence-electron chi connectivity index (χ1n) is 4.82. The minimum Gasteiger partial charge on any atom is -0.324 e. The predicted octanol–water partition coefficient (Wildman–Crippen LogP) is 4.78. The number of alkyl halides is 6. The largest absolute Gasteiger partial charge is 0.409 e. The van der Waals surface area contributed by atoms with Crippen LogP contribution < -0.4 is 5.32 Å². The van der Waals surface area contributed by atoms with Gasteiger partial charge >= 0.3 is 12.4 Å². The van der Waals surface area contributed by atoms with E-state index in [1.807, 2.05) is 0 Å². The molecule has 112 valence electrons. The van der Waals surface area contributed by atoms with Crippen molar-refractivity contribution in [3.05, 3.63) is 27.7 Å². The average molecular weight is 385 g/mol. The summed E-state index contributed by atoms with van der Waals surface area (Å²) in [6.07, 6.45) is -11.5. The lowest BCUT2D eigenvalue weighted by Crippen LogP contribution is -2.45. The molecule has 0 atom stereocenters. The molecule has 1 rings (SSSR count). The van der Waals surface area contributed by atoms with Crippen LogP contribution >= 0.6 is 27.5 Å². The normalized spacial score (nSPS) is 12.7. The topological polar surface area (TPSA) is 29.1 Å².